The zero-order valence-electron chi connectivity index (χ0n) is 6.74. The van der Waals surface area contributed by atoms with Gasteiger partial charge in [-0.25, -0.2) is 0 Å². The molecule has 0 aliphatic carbocycles. The number of hydrogen-bond acceptors (Lipinski definition) is 4. The molecule has 0 saturated carbocycles. The van der Waals surface area contributed by atoms with E-state index in [0.717, 1.165) is 12.7 Å². The van der Waals surface area contributed by atoms with Crippen LogP contribution in [-0.4, -0.2) is 15.3 Å². The Kier molecular flexibility index (Phi) is 2.91. The Morgan fingerprint density at radius 2 is 1.86 bits per heavy atom. The van der Waals surface area contributed by atoms with Gasteiger partial charge in [0.05, 0.1) is 7.14 Å². The Hall–Kier alpha value is -0.380. The van der Waals surface area contributed by atoms with Crippen molar-refractivity contribution in [3.8, 4) is 17.2 Å². The summed E-state index contributed by atoms with van der Waals surface area (Å²) in [5.41, 5.74) is 0.814. The topological polar surface area (TPSA) is 59.2 Å². The molecule has 14 heavy (non-hydrogen) atoms. The Balaban J connectivity index is 2.57. The van der Waals surface area contributed by atoms with Gasteiger partial charge in [0.2, 0.25) is 12.3 Å². The first-order valence-corrected chi connectivity index (χ1v) is 5.79. The van der Waals surface area contributed by atoms with Crippen molar-refractivity contribution in [2.24, 2.45) is 0 Å². The molecule has 0 atom stereocenters. The third kappa shape index (κ3) is 1.85. The van der Waals surface area contributed by atoms with Crippen molar-refractivity contribution in [2.45, 2.75) is 0 Å². The fraction of sp³-hybridized carbons (Fsp3) is 0. The maximum atomic E-state index is 9.55. The molecule has 6 heteroatoms. The third-order valence-corrected chi connectivity index (χ3v) is 3.27. The van der Waals surface area contributed by atoms with Crippen LogP contribution in [0.5, 0.6) is 5.75 Å². The van der Waals surface area contributed by atoms with Gasteiger partial charge in [0.1, 0.15) is 5.75 Å². The van der Waals surface area contributed by atoms with E-state index in [9.17, 15) is 5.11 Å². The van der Waals surface area contributed by atoms with Gasteiger partial charge in [-0.2, -0.15) is 0 Å². The molecule has 1 heterocycles. The first kappa shape index (κ1) is 10.1. The Morgan fingerprint density at radius 1 is 1.21 bits per heavy atom. The first-order chi connectivity index (χ1) is 6.68. The molecular formula is C8H4I2N2O2. The van der Waals surface area contributed by atoms with E-state index in [1.807, 2.05) is 0 Å². The smallest absolute Gasteiger partial charge is 0.247 e. The molecule has 0 amide bonds. The number of nitrogens with zero attached hydrogens (tertiary/aromatic N) is 2. The quantitative estimate of drug-likeness (QED) is 0.735. The van der Waals surface area contributed by atoms with Crippen LogP contribution in [0.2, 0.25) is 0 Å². The van der Waals surface area contributed by atoms with Crippen LogP contribution in [0.4, 0.5) is 0 Å². The van der Waals surface area contributed by atoms with Crippen molar-refractivity contribution in [3.63, 3.8) is 0 Å². The second-order valence-corrected chi connectivity index (χ2v) is 4.86. The van der Waals surface area contributed by atoms with Gasteiger partial charge in [0.15, 0.2) is 0 Å². The summed E-state index contributed by atoms with van der Waals surface area (Å²) in [6, 6.07) is 3.59. The number of phenolic OH excluding ortho intramolecular Hbond substituents is 1. The molecule has 0 unspecified atom stereocenters. The molecule has 1 N–H and O–H groups in total. The van der Waals surface area contributed by atoms with Crippen molar-refractivity contribution in [2.75, 3.05) is 0 Å². The Bertz CT molecular complexity index is 433. The highest BCUT2D eigenvalue weighted by Crippen LogP contribution is 2.30. The number of hydrogen-bond donors (Lipinski definition) is 1. The van der Waals surface area contributed by atoms with E-state index < -0.39 is 0 Å². The van der Waals surface area contributed by atoms with Gasteiger partial charge < -0.3 is 9.52 Å². The molecule has 0 radical (unpaired) electrons. The molecule has 2 aromatic rings. The molecule has 0 spiro atoms. The van der Waals surface area contributed by atoms with E-state index in [1.54, 1.807) is 12.1 Å². The predicted molar refractivity (Wildman–Crippen MR) is 66.8 cm³/mol. The summed E-state index contributed by atoms with van der Waals surface area (Å²) in [6.07, 6.45) is 1.28. The second kappa shape index (κ2) is 4.01. The van der Waals surface area contributed by atoms with Crippen LogP contribution >= 0.6 is 45.2 Å². The molecule has 1 aromatic carbocycles. The highest BCUT2D eigenvalue weighted by Gasteiger charge is 2.10. The van der Waals surface area contributed by atoms with Gasteiger partial charge >= 0.3 is 0 Å². The van der Waals surface area contributed by atoms with Crippen molar-refractivity contribution in [1.29, 1.82) is 0 Å². The van der Waals surface area contributed by atoms with E-state index in [1.165, 1.54) is 6.39 Å². The SMILES string of the molecule is Oc1c([125I])cc(-c2nnco2)cc1[125I]. The summed E-state index contributed by atoms with van der Waals surface area (Å²) in [6.45, 7) is 0. The zero-order valence-corrected chi connectivity index (χ0v) is 11.1. The van der Waals surface area contributed by atoms with Crippen LogP contribution in [0.25, 0.3) is 11.5 Å². The monoisotopic (exact) mass is 410 g/mol. The zero-order chi connectivity index (χ0) is 10.1. The average Bonchev–Trinajstić information content (AvgIpc) is 2.66. The van der Waals surface area contributed by atoms with Gasteiger partial charge in [0.25, 0.3) is 0 Å². The van der Waals surface area contributed by atoms with Crippen molar-refractivity contribution in [1.82, 2.24) is 10.2 Å². The number of phenols is 1. The highest BCUT2D eigenvalue weighted by atomic mass is 125. The minimum atomic E-state index is 0.287. The lowest BCUT2D eigenvalue weighted by Gasteiger charge is -2.02. The molecule has 0 saturated heterocycles. The van der Waals surface area contributed by atoms with E-state index in [4.69, 9.17) is 4.42 Å². The molecule has 0 aliphatic rings. The lowest BCUT2D eigenvalue weighted by atomic mass is 10.2. The Labute approximate surface area is 107 Å². The summed E-state index contributed by atoms with van der Waals surface area (Å²) in [5.74, 6) is 0.746. The predicted octanol–water partition coefficient (Wildman–Crippen LogP) is 2.65. The molecule has 0 aliphatic heterocycles. The maximum absolute atomic E-state index is 9.55. The summed E-state index contributed by atoms with van der Waals surface area (Å²) in [4.78, 5) is 0. The number of halogens is 2. The number of rotatable bonds is 1. The normalized spacial score (nSPS) is 10.4. The first-order valence-electron chi connectivity index (χ1n) is 3.63. The Morgan fingerprint density at radius 3 is 2.36 bits per heavy atom. The van der Waals surface area contributed by atoms with Crippen LogP contribution in [0.15, 0.2) is 22.9 Å². The lowest BCUT2D eigenvalue weighted by Crippen LogP contribution is -1.84. The molecule has 2 rings (SSSR count). The number of aromatic nitrogens is 2. The molecule has 1 aromatic heterocycles. The van der Waals surface area contributed by atoms with Crippen LogP contribution in [-0.2, 0) is 0 Å². The largest absolute Gasteiger partial charge is 0.506 e. The fourth-order valence-electron chi connectivity index (χ4n) is 0.988. The minimum absolute atomic E-state index is 0.287. The van der Waals surface area contributed by atoms with Crippen LogP contribution in [0.1, 0.15) is 0 Å². The maximum Gasteiger partial charge on any atom is 0.247 e. The molecule has 0 bridgehead atoms. The molecule has 0 fully saturated rings. The summed E-state index contributed by atoms with van der Waals surface area (Å²) < 4.78 is 6.59. The van der Waals surface area contributed by atoms with Crippen molar-refractivity contribution < 1.29 is 9.52 Å². The average molecular weight is 410 g/mol. The number of aromatic hydroxyl groups is 1. The minimum Gasteiger partial charge on any atom is -0.506 e. The summed E-state index contributed by atoms with van der Waals surface area (Å²) in [5, 5.41) is 16.9. The fourth-order valence-corrected chi connectivity index (χ4v) is 2.76. The number of benzene rings is 1. The standard InChI is InChI=1S/C8H4I2N2O2/c9-5-1-4(2-6(10)7(5)13)8-12-11-3-14-8/h1-3,13H/i9-2,10-2. The van der Waals surface area contributed by atoms with E-state index in [2.05, 4.69) is 55.4 Å². The second-order valence-electron chi connectivity index (χ2n) is 2.53. The van der Waals surface area contributed by atoms with Gasteiger partial charge in [-0.05, 0) is 57.3 Å². The molecule has 4 nitrogen and oxygen atoms in total. The van der Waals surface area contributed by atoms with E-state index >= 15 is 0 Å². The van der Waals surface area contributed by atoms with Crippen molar-refractivity contribution in [3.05, 3.63) is 25.7 Å². The van der Waals surface area contributed by atoms with Gasteiger partial charge in [0, 0.05) is 5.56 Å². The van der Waals surface area contributed by atoms with Crippen LogP contribution < -0.4 is 0 Å². The van der Waals surface area contributed by atoms with Gasteiger partial charge in [-0.1, -0.05) is 0 Å². The van der Waals surface area contributed by atoms with Gasteiger partial charge in [-0.15, -0.1) is 10.2 Å². The van der Waals surface area contributed by atoms with E-state index in [0.29, 0.717) is 5.89 Å². The van der Waals surface area contributed by atoms with Gasteiger partial charge in [-0.3, -0.25) is 0 Å². The van der Waals surface area contributed by atoms with Crippen molar-refractivity contribution >= 4 is 45.2 Å². The van der Waals surface area contributed by atoms with Crippen LogP contribution in [0, 0.1) is 7.14 Å². The summed E-state index contributed by atoms with van der Waals surface area (Å²) in [7, 11) is 0. The third-order valence-electron chi connectivity index (χ3n) is 1.62. The van der Waals surface area contributed by atoms with Crippen LogP contribution in [0.3, 0.4) is 0 Å². The lowest BCUT2D eigenvalue weighted by molar-refractivity contribution is 0.467. The summed E-state index contributed by atoms with van der Waals surface area (Å²) >= 11 is 4.11. The molecule has 72 valence electrons. The molecular weight excluding hydrogens is 406 g/mol. The van der Waals surface area contributed by atoms with E-state index in [-0.39, 0.29) is 5.75 Å². The highest BCUT2D eigenvalue weighted by molar-refractivity contribution is 14.1.